The lowest BCUT2D eigenvalue weighted by molar-refractivity contribution is -0.146. The van der Waals surface area contributed by atoms with E-state index in [2.05, 4.69) is 20.7 Å². The van der Waals surface area contributed by atoms with Gasteiger partial charge >= 0.3 is 5.97 Å². The molecule has 0 saturated carbocycles. The standard InChI is InChI=1S/C11H14BrNO3/c1-11(13,10(14)16-3)8-6-7(12)4-5-9(8)15-2/h4-6H,13H2,1-3H3. The van der Waals surface area contributed by atoms with Crippen molar-refractivity contribution >= 4 is 21.9 Å². The Balaban J connectivity index is 3.30. The van der Waals surface area contributed by atoms with Gasteiger partial charge in [-0.15, -0.1) is 0 Å². The molecule has 0 amide bonds. The summed E-state index contributed by atoms with van der Waals surface area (Å²) in [5.41, 5.74) is 5.31. The van der Waals surface area contributed by atoms with E-state index in [0.717, 1.165) is 4.47 Å². The highest BCUT2D eigenvalue weighted by Gasteiger charge is 2.34. The maximum Gasteiger partial charge on any atom is 0.330 e. The van der Waals surface area contributed by atoms with Gasteiger partial charge in [0.25, 0.3) is 0 Å². The van der Waals surface area contributed by atoms with E-state index >= 15 is 0 Å². The molecule has 0 spiro atoms. The molecular formula is C11H14BrNO3. The number of hydrogen-bond acceptors (Lipinski definition) is 4. The van der Waals surface area contributed by atoms with Crippen molar-refractivity contribution < 1.29 is 14.3 Å². The van der Waals surface area contributed by atoms with E-state index in [-0.39, 0.29) is 0 Å². The van der Waals surface area contributed by atoms with Crippen LogP contribution in [0.1, 0.15) is 12.5 Å². The van der Waals surface area contributed by atoms with Crippen LogP contribution in [-0.4, -0.2) is 20.2 Å². The first kappa shape index (κ1) is 13.0. The molecule has 1 rings (SSSR count). The number of hydrogen-bond donors (Lipinski definition) is 1. The second-order valence-corrected chi connectivity index (χ2v) is 4.45. The average Bonchev–Trinajstić information content (AvgIpc) is 2.27. The summed E-state index contributed by atoms with van der Waals surface area (Å²) in [5.74, 6) is 0.0440. The van der Waals surface area contributed by atoms with Gasteiger partial charge in [0.1, 0.15) is 11.3 Å². The third-order valence-electron chi connectivity index (χ3n) is 2.33. The van der Waals surface area contributed by atoms with Crippen LogP contribution in [0, 0.1) is 0 Å². The number of methoxy groups -OCH3 is 2. The Morgan fingerprint density at radius 3 is 2.56 bits per heavy atom. The van der Waals surface area contributed by atoms with Crippen LogP contribution in [0.15, 0.2) is 22.7 Å². The number of esters is 1. The van der Waals surface area contributed by atoms with Crippen LogP contribution in [0.3, 0.4) is 0 Å². The van der Waals surface area contributed by atoms with Gasteiger partial charge in [-0.25, -0.2) is 4.79 Å². The summed E-state index contributed by atoms with van der Waals surface area (Å²) in [5, 5.41) is 0. The van der Waals surface area contributed by atoms with E-state index in [4.69, 9.17) is 10.5 Å². The molecule has 1 unspecified atom stereocenters. The molecule has 0 radical (unpaired) electrons. The van der Waals surface area contributed by atoms with Crippen molar-refractivity contribution in [3.05, 3.63) is 28.2 Å². The van der Waals surface area contributed by atoms with Crippen LogP contribution in [0.4, 0.5) is 0 Å². The molecule has 16 heavy (non-hydrogen) atoms. The van der Waals surface area contributed by atoms with Gasteiger partial charge in [-0.3, -0.25) is 0 Å². The molecule has 2 N–H and O–H groups in total. The normalized spacial score (nSPS) is 14.1. The Labute approximate surface area is 103 Å². The minimum Gasteiger partial charge on any atom is -0.496 e. The van der Waals surface area contributed by atoms with E-state index in [1.807, 2.05) is 6.07 Å². The van der Waals surface area contributed by atoms with Crippen molar-refractivity contribution in [1.82, 2.24) is 0 Å². The fourth-order valence-corrected chi connectivity index (χ4v) is 1.77. The third-order valence-corrected chi connectivity index (χ3v) is 2.82. The van der Waals surface area contributed by atoms with E-state index < -0.39 is 11.5 Å². The molecule has 88 valence electrons. The first-order valence-electron chi connectivity index (χ1n) is 4.64. The molecule has 1 aromatic carbocycles. The van der Waals surface area contributed by atoms with Crippen molar-refractivity contribution in [3.8, 4) is 5.75 Å². The Morgan fingerprint density at radius 2 is 2.06 bits per heavy atom. The minimum atomic E-state index is -1.23. The van der Waals surface area contributed by atoms with Crippen molar-refractivity contribution in [2.24, 2.45) is 5.73 Å². The highest BCUT2D eigenvalue weighted by molar-refractivity contribution is 9.10. The summed E-state index contributed by atoms with van der Waals surface area (Å²) in [6, 6.07) is 5.30. The third kappa shape index (κ3) is 2.36. The molecule has 5 heteroatoms. The van der Waals surface area contributed by atoms with Gasteiger partial charge in [0.05, 0.1) is 14.2 Å². The molecule has 0 saturated heterocycles. The van der Waals surface area contributed by atoms with Crippen LogP contribution in [-0.2, 0) is 15.1 Å². The van der Waals surface area contributed by atoms with Crippen molar-refractivity contribution in [2.75, 3.05) is 14.2 Å². The van der Waals surface area contributed by atoms with Gasteiger partial charge < -0.3 is 15.2 Å². The maximum atomic E-state index is 11.6. The maximum absolute atomic E-state index is 11.6. The Morgan fingerprint density at radius 1 is 1.44 bits per heavy atom. The summed E-state index contributed by atoms with van der Waals surface area (Å²) in [6.07, 6.45) is 0. The van der Waals surface area contributed by atoms with Crippen LogP contribution in [0.25, 0.3) is 0 Å². The zero-order valence-corrected chi connectivity index (χ0v) is 11.0. The lowest BCUT2D eigenvalue weighted by Gasteiger charge is -2.24. The van der Waals surface area contributed by atoms with Gasteiger partial charge in [-0.05, 0) is 25.1 Å². The van der Waals surface area contributed by atoms with Gasteiger partial charge in [-0.2, -0.15) is 0 Å². The molecule has 4 nitrogen and oxygen atoms in total. The number of halogens is 1. The van der Waals surface area contributed by atoms with Crippen molar-refractivity contribution in [3.63, 3.8) is 0 Å². The molecule has 0 aliphatic carbocycles. The number of nitrogens with two attached hydrogens (primary N) is 1. The Kier molecular flexibility index (Phi) is 3.93. The second kappa shape index (κ2) is 4.84. The van der Waals surface area contributed by atoms with Crippen LogP contribution in [0.5, 0.6) is 5.75 Å². The molecule has 0 bridgehead atoms. The van der Waals surface area contributed by atoms with E-state index in [9.17, 15) is 4.79 Å². The Bertz CT molecular complexity index is 404. The first-order chi connectivity index (χ1) is 7.43. The van der Waals surface area contributed by atoms with E-state index in [0.29, 0.717) is 11.3 Å². The average molecular weight is 288 g/mol. The Hall–Kier alpha value is -1.07. The highest BCUT2D eigenvalue weighted by Crippen LogP contribution is 2.31. The molecule has 0 aromatic heterocycles. The highest BCUT2D eigenvalue weighted by atomic mass is 79.9. The SMILES string of the molecule is COC(=O)C(C)(N)c1cc(Br)ccc1OC. The van der Waals surface area contributed by atoms with Gasteiger partial charge in [0, 0.05) is 10.0 Å². The van der Waals surface area contributed by atoms with Crippen molar-refractivity contribution in [1.29, 1.82) is 0 Å². The lowest BCUT2D eigenvalue weighted by atomic mass is 9.92. The first-order valence-corrected chi connectivity index (χ1v) is 5.44. The zero-order valence-electron chi connectivity index (χ0n) is 9.41. The summed E-state index contributed by atoms with van der Waals surface area (Å²) in [4.78, 5) is 11.6. The summed E-state index contributed by atoms with van der Waals surface area (Å²) >= 11 is 3.33. The molecular weight excluding hydrogens is 274 g/mol. The molecule has 0 heterocycles. The number of carbonyl (C=O) groups is 1. The van der Waals surface area contributed by atoms with E-state index in [1.54, 1.807) is 19.1 Å². The second-order valence-electron chi connectivity index (χ2n) is 3.54. The number of rotatable bonds is 3. The zero-order chi connectivity index (χ0) is 12.3. The fraction of sp³-hybridized carbons (Fsp3) is 0.364. The molecule has 1 atom stereocenters. The minimum absolute atomic E-state index is 0.510. The van der Waals surface area contributed by atoms with Crippen molar-refractivity contribution in [2.45, 2.75) is 12.5 Å². The number of ether oxygens (including phenoxy) is 2. The predicted molar refractivity (Wildman–Crippen MR) is 64.2 cm³/mol. The smallest absolute Gasteiger partial charge is 0.330 e. The molecule has 0 fully saturated rings. The number of benzene rings is 1. The summed E-state index contributed by atoms with van der Waals surface area (Å²) in [6.45, 7) is 1.59. The van der Waals surface area contributed by atoms with Crippen LogP contribution >= 0.6 is 15.9 Å². The lowest BCUT2D eigenvalue weighted by Crippen LogP contribution is -2.43. The van der Waals surface area contributed by atoms with Gasteiger partial charge in [0.2, 0.25) is 0 Å². The quantitative estimate of drug-likeness (QED) is 0.862. The number of carbonyl (C=O) groups excluding carboxylic acids is 1. The van der Waals surface area contributed by atoms with Crippen LogP contribution in [0.2, 0.25) is 0 Å². The molecule has 1 aromatic rings. The molecule has 0 aliphatic heterocycles. The topological polar surface area (TPSA) is 61.5 Å². The van der Waals surface area contributed by atoms with Crippen LogP contribution < -0.4 is 10.5 Å². The van der Waals surface area contributed by atoms with E-state index in [1.165, 1.54) is 14.2 Å². The largest absolute Gasteiger partial charge is 0.496 e. The summed E-state index contributed by atoms with van der Waals surface area (Å²) in [7, 11) is 2.83. The fourth-order valence-electron chi connectivity index (χ4n) is 1.41. The van der Waals surface area contributed by atoms with Gasteiger partial charge in [-0.1, -0.05) is 15.9 Å². The summed E-state index contributed by atoms with van der Waals surface area (Å²) < 4.78 is 10.7. The monoisotopic (exact) mass is 287 g/mol. The molecule has 0 aliphatic rings. The predicted octanol–water partition coefficient (Wildman–Crippen LogP) is 1.80. The van der Waals surface area contributed by atoms with Gasteiger partial charge in [0.15, 0.2) is 0 Å².